The predicted molar refractivity (Wildman–Crippen MR) is 130 cm³/mol. The van der Waals surface area contributed by atoms with E-state index in [0.717, 1.165) is 26.3 Å². The lowest BCUT2D eigenvalue weighted by atomic mass is 10.1. The summed E-state index contributed by atoms with van der Waals surface area (Å²) < 4.78 is 1.16. The fourth-order valence-corrected chi connectivity index (χ4v) is 3.92. The number of rotatable bonds is 7. The second kappa shape index (κ2) is 9.74. The van der Waals surface area contributed by atoms with Crippen LogP contribution in [-0.2, 0) is 17.8 Å². The van der Waals surface area contributed by atoms with E-state index in [1.807, 2.05) is 54.6 Å². The maximum absolute atomic E-state index is 12.6. The summed E-state index contributed by atoms with van der Waals surface area (Å²) in [6.45, 7) is 2.19. The average molecular weight is 459 g/mol. The molecule has 0 fully saturated rings. The molecule has 0 unspecified atom stereocenters. The molecule has 1 aliphatic rings. The van der Waals surface area contributed by atoms with Crippen LogP contribution in [0.4, 0.5) is 0 Å². The Morgan fingerprint density at radius 1 is 1.09 bits per heavy atom. The number of nitrogens with one attached hydrogen (secondary N) is 1. The highest BCUT2D eigenvalue weighted by Crippen LogP contribution is 2.23. The molecule has 2 heterocycles. The number of aromatic nitrogens is 2. The summed E-state index contributed by atoms with van der Waals surface area (Å²) in [6, 6.07) is 17.2. The van der Waals surface area contributed by atoms with Gasteiger partial charge in [0.05, 0.1) is 11.1 Å². The van der Waals surface area contributed by atoms with Crippen molar-refractivity contribution in [1.82, 2.24) is 14.5 Å². The van der Waals surface area contributed by atoms with Crippen molar-refractivity contribution in [2.24, 2.45) is 4.99 Å². The molecule has 34 heavy (non-hydrogen) atoms. The number of benzene rings is 2. The number of para-hydroxylation sites is 1. The number of aromatic amines is 1. The van der Waals surface area contributed by atoms with Crippen molar-refractivity contribution < 1.29 is 9.90 Å². The van der Waals surface area contributed by atoms with Crippen LogP contribution in [0.1, 0.15) is 24.5 Å². The summed E-state index contributed by atoms with van der Waals surface area (Å²) >= 11 is 0. The molecule has 8 nitrogen and oxygen atoms in total. The van der Waals surface area contributed by atoms with E-state index in [4.69, 9.17) is 0 Å². The number of carbonyl (C=O) groups is 1. The number of amides is 1. The predicted octanol–water partition coefficient (Wildman–Crippen LogP) is 1.18. The van der Waals surface area contributed by atoms with Gasteiger partial charge in [0, 0.05) is 32.3 Å². The number of hydrogen-bond acceptors (Lipinski definition) is 5. The average Bonchev–Trinajstić information content (AvgIpc) is 3.17. The largest absolute Gasteiger partial charge is 0.494 e. The molecule has 8 heteroatoms. The smallest absolute Gasteiger partial charge is 0.331 e. The van der Waals surface area contributed by atoms with Crippen LogP contribution in [0.25, 0.3) is 11.6 Å². The van der Waals surface area contributed by atoms with Crippen molar-refractivity contribution in [2.45, 2.75) is 26.3 Å². The highest BCUT2D eigenvalue weighted by molar-refractivity contribution is 5.77. The number of carbonyl (C=O) groups excluding carboxylic acids is 1. The Kier molecular flexibility index (Phi) is 6.58. The molecule has 2 N–H and O–H groups in total. The highest BCUT2D eigenvalue weighted by atomic mass is 16.3. The van der Waals surface area contributed by atoms with E-state index in [-0.39, 0.29) is 18.0 Å². The van der Waals surface area contributed by atoms with Gasteiger partial charge in [-0.2, -0.15) is 0 Å². The molecular weight excluding hydrogens is 432 g/mol. The molecule has 174 valence electrons. The van der Waals surface area contributed by atoms with Gasteiger partial charge >= 0.3 is 5.69 Å². The molecule has 2 aromatic carbocycles. The SMILES string of the molecule is CC(=O)N(C)CCC1=c2ccccc2=N/C1=C\c1c(O)n(CCc2ccccc2)c(=O)[nH]c1=O. The second-order valence-electron chi connectivity index (χ2n) is 8.21. The van der Waals surface area contributed by atoms with Gasteiger partial charge in [-0.15, -0.1) is 0 Å². The summed E-state index contributed by atoms with van der Waals surface area (Å²) in [5.74, 6) is -0.447. The topological polar surface area (TPSA) is 108 Å². The molecule has 0 saturated heterocycles. The van der Waals surface area contributed by atoms with Gasteiger partial charge in [-0.1, -0.05) is 48.5 Å². The molecule has 3 aromatic rings. The highest BCUT2D eigenvalue weighted by Gasteiger charge is 2.18. The van der Waals surface area contributed by atoms with E-state index >= 15 is 0 Å². The molecule has 1 amide bonds. The quantitative estimate of drug-likeness (QED) is 0.554. The summed E-state index contributed by atoms with van der Waals surface area (Å²) in [6.07, 6.45) is 2.55. The summed E-state index contributed by atoms with van der Waals surface area (Å²) in [4.78, 5) is 45.3. The molecule has 0 atom stereocenters. The molecule has 0 radical (unpaired) electrons. The number of aromatic hydroxyl groups is 1. The molecule has 0 aliphatic carbocycles. The Hall–Kier alpha value is -4.20. The van der Waals surface area contributed by atoms with Gasteiger partial charge in [0.1, 0.15) is 5.56 Å². The molecular formula is C26H26N4O4. The van der Waals surface area contributed by atoms with Gasteiger partial charge < -0.3 is 10.0 Å². The third kappa shape index (κ3) is 4.76. The Balaban J connectivity index is 1.73. The second-order valence-corrected chi connectivity index (χ2v) is 8.21. The van der Waals surface area contributed by atoms with Crippen LogP contribution in [-0.4, -0.2) is 39.1 Å². The monoisotopic (exact) mass is 458 g/mol. The minimum atomic E-state index is -0.683. The molecule has 0 saturated carbocycles. The molecule has 1 aliphatic heterocycles. The van der Waals surface area contributed by atoms with Crippen molar-refractivity contribution in [2.75, 3.05) is 13.6 Å². The first-order valence-electron chi connectivity index (χ1n) is 11.1. The third-order valence-electron chi connectivity index (χ3n) is 5.97. The summed E-state index contributed by atoms with van der Waals surface area (Å²) in [5.41, 5.74) is 1.01. The first-order valence-corrected chi connectivity index (χ1v) is 11.1. The fraction of sp³-hybridized carbons (Fsp3) is 0.231. The van der Waals surface area contributed by atoms with Crippen LogP contribution in [0.15, 0.2) is 74.9 Å². The normalized spacial score (nSPS) is 13.6. The number of H-pyrrole nitrogens is 1. The van der Waals surface area contributed by atoms with E-state index in [1.165, 1.54) is 13.0 Å². The zero-order valence-corrected chi connectivity index (χ0v) is 19.1. The van der Waals surface area contributed by atoms with Crippen LogP contribution < -0.4 is 21.8 Å². The van der Waals surface area contributed by atoms with Crippen molar-refractivity contribution in [3.63, 3.8) is 0 Å². The zero-order chi connectivity index (χ0) is 24.2. The van der Waals surface area contributed by atoms with Crippen LogP contribution in [0.5, 0.6) is 5.88 Å². The van der Waals surface area contributed by atoms with Crippen molar-refractivity contribution in [3.05, 3.63) is 103 Å². The summed E-state index contributed by atoms with van der Waals surface area (Å²) in [5, 5.41) is 12.5. The van der Waals surface area contributed by atoms with Crippen molar-refractivity contribution >= 4 is 17.6 Å². The Morgan fingerprint density at radius 3 is 2.53 bits per heavy atom. The van der Waals surface area contributed by atoms with E-state index < -0.39 is 17.1 Å². The van der Waals surface area contributed by atoms with E-state index in [9.17, 15) is 19.5 Å². The lowest BCUT2D eigenvalue weighted by Gasteiger charge is -2.15. The first-order chi connectivity index (χ1) is 16.3. The van der Waals surface area contributed by atoms with E-state index in [2.05, 4.69) is 9.98 Å². The standard InChI is InChI=1S/C26H26N4O4/c1-17(31)29(2)14-13-20-19-10-6-7-11-22(19)27-23(20)16-21-24(32)28-26(34)30(25(21)33)15-12-18-8-4-3-5-9-18/h3-11,16,33H,12-15H2,1-2H3,(H,28,32,34)/b23-16-. The van der Waals surface area contributed by atoms with Gasteiger partial charge in [-0.05, 0) is 36.1 Å². The lowest BCUT2D eigenvalue weighted by molar-refractivity contribution is -0.127. The van der Waals surface area contributed by atoms with Gasteiger partial charge in [-0.3, -0.25) is 19.1 Å². The van der Waals surface area contributed by atoms with Gasteiger partial charge in [0.2, 0.25) is 11.8 Å². The van der Waals surface area contributed by atoms with Gasteiger partial charge in [0.15, 0.2) is 0 Å². The fourth-order valence-electron chi connectivity index (χ4n) is 3.92. The Labute approximate surface area is 195 Å². The van der Waals surface area contributed by atoms with Crippen LogP contribution in [0.3, 0.4) is 0 Å². The van der Waals surface area contributed by atoms with Gasteiger partial charge in [0.25, 0.3) is 5.56 Å². The molecule has 0 spiro atoms. The van der Waals surface area contributed by atoms with Crippen molar-refractivity contribution in [3.8, 4) is 5.88 Å². The number of fused-ring (bicyclic) bond motifs is 1. The third-order valence-corrected chi connectivity index (χ3v) is 5.97. The Morgan fingerprint density at radius 2 is 1.79 bits per heavy atom. The Bertz CT molecular complexity index is 1500. The number of allylic oxidation sites excluding steroid dienone is 1. The lowest BCUT2D eigenvalue weighted by Crippen LogP contribution is -2.32. The minimum Gasteiger partial charge on any atom is -0.494 e. The van der Waals surface area contributed by atoms with Crippen LogP contribution in [0, 0.1) is 0 Å². The van der Waals surface area contributed by atoms with Crippen LogP contribution >= 0.6 is 0 Å². The zero-order valence-electron chi connectivity index (χ0n) is 19.1. The van der Waals surface area contributed by atoms with Crippen LogP contribution in [0.2, 0.25) is 0 Å². The number of hydrogen-bond donors (Lipinski definition) is 2. The van der Waals surface area contributed by atoms with E-state index in [0.29, 0.717) is 25.1 Å². The first kappa shape index (κ1) is 23.0. The van der Waals surface area contributed by atoms with Crippen molar-refractivity contribution in [1.29, 1.82) is 0 Å². The molecule has 1 aromatic heterocycles. The van der Waals surface area contributed by atoms with E-state index in [1.54, 1.807) is 11.9 Å². The minimum absolute atomic E-state index is 0.0309. The number of nitrogens with zero attached hydrogens (tertiary/aromatic N) is 3. The summed E-state index contributed by atoms with van der Waals surface area (Å²) in [7, 11) is 1.73. The maximum Gasteiger partial charge on any atom is 0.331 e. The van der Waals surface area contributed by atoms with Gasteiger partial charge in [-0.25, -0.2) is 9.79 Å². The molecule has 0 bridgehead atoms. The number of aryl methyl sites for hydroxylation is 1. The maximum atomic E-state index is 12.6. The molecule has 4 rings (SSSR count).